The van der Waals surface area contributed by atoms with E-state index in [2.05, 4.69) is 21.3 Å². The van der Waals surface area contributed by atoms with Gasteiger partial charge in [-0.15, -0.1) is 0 Å². The molecule has 23 heavy (non-hydrogen) atoms. The summed E-state index contributed by atoms with van der Waals surface area (Å²) in [4.78, 5) is 6.35. The van der Waals surface area contributed by atoms with E-state index in [1.165, 1.54) is 5.69 Å². The summed E-state index contributed by atoms with van der Waals surface area (Å²) in [7, 11) is 0. The Kier molecular flexibility index (Phi) is 5.33. The minimum atomic E-state index is -0.0396. The average Bonchev–Trinajstić information content (AvgIpc) is 2.61. The molecule has 1 aliphatic heterocycles. The summed E-state index contributed by atoms with van der Waals surface area (Å²) in [6.07, 6.45) is 3.38. The molecular weight excluding hydrogens is 314 g/mol. The molecule has 0 unspecified atom stereocenters. The number of hydrogen-bond donors (Lipinski definition) is 2. The van der Waals surface area contributed by atoms with Crippen LogP contribution in [0.3, 0.4) is 0 Å². The molecule has 1 aromatic heterocycles. The maximum absolute atomic E-state index is 9.39. The molecule has 0 bridgehead atoms. The van der Waals surface area contributed by atoms with Gasteiger partial charge in [-0.2, -0.15) is 0 Å². The van der Waals surface area contributed by atoms with Crippen LogP contribution in [-0.4, -0.2) is 36.4 Å². The van der Waals surface area contributed by atoms with Crippen LogP contribution in [0.5, 0.6) is 0 Å². The number of halogens is 1. The van der Waals surface area contributed by atoms with E-state index in [0.717, 1.165) is 48.1 Å². The minimum Gasteiger partial charge on any atom is -0.392 e. The van der Waals surface area contributed by atoms with Gasteiger partial charge in [0.1, 0.15) is 0 Å². The molecule has 0 spiro atoms. The molecule has 0 aliphatic carbocycles. The van der Waals surface area contributed by atoms with E-state index in [1.54, 1.807) is 12.4 Å². The van der Waals surface area contributed by atoms with Crippen molar-refractivity contribution in [2.75, 3.05) is 36.5 Å². The van der Waals surface area contributed by atoms with Crippen molar-refractivity contribution in [1.82, 2.24) is 4.98 Å². The van der Waals surface area contributed by atoms with Crippen molar-refractivity contribution in [2.24, 2.45) is 0 Å². The lowest BCUT2D eigenvalue weighted by Gasteiger charge is -2.31. The van der Waals surface area contributed by atoms with Crippen LogP contribution in [0.2, 0.25) is 5.02 Å². The predicted octanol–water partition coefficient (Wildman–Crippen LogP) is 2.68. The number of benzene rings is 1. The summed E-state index contributed by atoms with van der Waals surface area (Å²) in [5.74, 6) is 0. The number of aliphatic hydroxyl groups excluding tert-OH is 1. The quantitative estimate of drug-likeness (QED) is 0.881. The highest BCUT2D eigenvalue weighted by Crippen LogP contribution is 2.26. The molecule has 5 nitrogen and oxygen atoms in total. The predicted molar refractivity (Wildman–Crippen MR) is 92.0 cm³/mol. The number of aliphatic hydroxyl groups is 1. The average molecular weight is 334 g/mol. The van der Waals surface area contributed by atoms with E-state index in [0.29, 0.717) is 6.54 Å². The van der Waals surface area contributed by atoms with Crippen LogP contribution < -0.4 is 10.2 Å². The van der Waals surface area contributed by atoms with Crippen molar-refractivity contribution in [2.45, 2.75) is 13.2 Å². The van der Waals surface area contributed by atoms with Crippen molar-refractivity contribution in [3.8, 4) is 0 Å². The number of hydrogen-bond acceptors (Lipinski definition) is 5. The number of nitrogens with zero attached hydrogens (tertiary/aromatic N) is 2. The zero-order valence-corrected chi connectivity index (χ0v) is 13.6. The Bertz CT molecular complexity index is 660. The fourth-order valence-electron chi connectivity index (χ4n) is 2.72. The topological polar surface area (TPSA) is 57.6 Å². The van der Waals surface area contributed by atoms with Gasteiger partial charge in [-0.1, -0.05) is 11.6 Å². The smallest absolute Gasteiger partial charge is 0.0717 e. The summed E-state index contributed by atoms with van der Waals surface area (Å²) >= 11 is 6.18. The van der Waals surface area contributed by atoms with Crippen molar-refractivity contribution >= 4 is 23.0 Å². The van der Waals surface area contributed by atoms with Crippen LogP contribution in [0.4, 0.5) is 11.4 Å². The highest BCUT2D eigenvalue weighted by molar-refractivity contribution is 6.30. The molecule has 2 N–H and O–H groups in total. The van der Waals surface area contributed by atoms with E-state index in [4.69, 9.17) is 16.3 Å². The molecule has 1 aromatic carbocycles. The Labute approximate surface area is 140 Å². The van der Waals surface area contributed by atoms with Gasteiger partial charge in [-0.3, -0.25) is 4.98 Å². The molecular formula is C17H20ClN3O2. The fourth-order valence-corrected chi connectivity index (χ4v) is 2.92. The van der Waals surface area contributed by atoms with Crippen molar-refractivity contribution in [3.05, 3.63) is 52.8 Å². The van der Waals surface area contributed by atoms with Crippen molar-refractivity contribution in [3.63, 3.8) is 0 Å². The van der Waals surface area contributed by atoms with E-state index in [9.17, 15) is 5.11 Å². The first kappa shape index (κ1) is 16.1. The molecule has 1 saturated heterocycles. The first-order valence-electron chi connectivity index (χ1n) is 7.66. The fraction of sp³-hybridized carbons (Fsp3) is 0.353. The lowest BCUT2D eigenvalue weighted by atomic mass is 10.1. The normalized spacial score (nSPS) is 14.8. The molecule has 0 amide bonds. The first-order chi connectivity index (χ1) is 11.3. The molecule has 0 saturated carbocycles. The Hall–Kier alpha value is -1.82. The summed E-state index contributed by atoms with van der Waals surface area (Å²) < 4.78 is 5.43. The van der Waals surface area contributed by atoms with E-state index >= 15 is 0 Å². The zero-order chi connectivity index (χ0) is 16.1. The van der Waals surface area contributed by atoms with E-state index < -0.39 is 0 Å². The van der Waals surface area contributed by atoms with Crippen LogP contribution in [0.1, 0.15) is 11.1 Å². The van der Waals surface area contributed by atoms with Gasteiger partial charge < -0.3 is 20.1 Å². The maximum atomic E-state index is 9.39. The second-order valence-corrected chi connectivity index (χ2v) is 5.85. The standard InChI is InChI=1S/C17H20ClN3O2/c18-15-1-2-17(21-5-7-23-8-6-21)13(9-15)11-20-16-3-4-19-10-14(16)12-22/h1-4,9-10,22H,5-8,11-12H2,(H,19,20). The second kappa shape index (κ2) is 7.64. The van der Waals surface area contributed by atoms with Crippen LogP contribution in [-0.2, 0) is 17.9 Å². The van der Waals surface area contributed by atoms with E-state index in [1.807, 2.05) is 18.2 Å². The number of rotatable bonds is 5. The Balaban J connectivity index is 1.80. The van der Waals surface area contributed by atoms with Gasteiger partial charge in [0.15, 0.2) is 0 Å². The molecule has 0 atom stereocenters. The number of pyridine rings is 1. The largest absolute Gasteiger partial charge is 0.392 e. The number of ether oxygens (including phenoxy) is 1. The summed E-state index contributed by atoms with van der Waals surface area (Å²) in [6.45, 7) is 3.84. The lowest BCUT2D eigenvalue weighted by molar-refractivity contribution is 0.122. The van der Waals surface area contributed by atoms with Gasteiger partial charge in [0.2, 0.25) is 0 Å². The molecule has 3 rings (SSSR count). The number of anilines is 2. The van der Waals surface area contributed by atoms with Crippen LogP contribution in [0.25, 0.3) is 0 Å². The third-order valence-corrected chi connectivity index (χ3v) is 4.17. The third-order valence-electron chi connectivity index (χ3n) is 3.94. The summed E-state index contributed by atoms with van der Waals surface area (Å²) in [5.41, 5.74) is 3.96. The second-order valence-electron chi connectivity index (χ2n) is 5.42. The van der Waals surface area contributed by atoms with Gasteiger partial charge in [-0.25, -0.2) is 0 Å². The number of aromatic nitrogens is 1. The van der Waals surface area contributed by atoms with Crippen LogP contribution in [0.15, 0.2) is 36.7 Å². The Morgan fingerprint density at radius 2 is 2.04 bits per heavy atom. The van der Waals surface area contributed by atoms with Gasteiger partial charge in [0, 0.05) is 54.0 Å². The van der Waals surface area contributed by atoms with Gasteiger partial charge in [0.25, 0.3) is 0 Å². The van der Waals surface area contributed by atoms with Crippen LogP contribution >= 0.6 is 11.6 Å². The Morgan fingerprint density at radius 3 is 2.83 bits per heavy atom. The zero-order valence-electron chi connectivity index (χ0n) is 12.8. The van der Waals surface area contributed by atoms with Gasteiger partial charge in [0.05, 0.1) is 19.8 Å². The molecule has 122 valence electrons. The van der Waals surface area contributed by atoms with E-state index in [-0.39, 0.29) is 6.61 Å². The summed E-state index contributed by atoms with van der Waals surface area (Å²) in [5, 5.41) is 13.5. The lowest BCUT2D eigenvalue weighted by Crippen LogP contribution is -2.36. The molecule has 6 heteroatoms. The molecule has 2 aromatic rings. The van der Waals surface area contributed by atoms with Crippen LogP contribution in [0, 0.1) is 0 Å². The van der Waals surface area contributed by atoms with Crippen molar-refractivity contribution < 1.29 is 9.84 Å². The Morgan fingerprint density at radius 1 is 1.22 bits per heavy atom. The minimum absolute atomic E-state index is 0.0396. The SMILES string of the molecule is OCc1cnccc1NCc1cc(Cl)ccc1N1CCOCC1. The van der Waals surface area contributed by atoms with Gasteiger partial charge >= 0.3 is 0 Å². The monoisotopic (exact) mass is 333 g/mol. The number of morpholine rings is 1. The highest BCUT2D eigenvalue weighted by atomic mass is 35.5. The third kappa shape index (κ3) is 3.93. The molecule has 2 heterocycles. The van der Waals surface area contributed by atoms with Gasteiger partial charge in [-0.05, 0) is 29.8 Å². The summed E-state index contributed by atoms with van der Waals surface area (Å²) in [6, 6.07) is 7.83. The maximum Gasteiger partial charge on any atom is 0.0717 e. The number of nitrogens with one attached hydrogen (secondary N) is 1. The molecule has 0 radical (unpaired) electrons. The highest BCUT2D eigenvalue weighted by Gasteiger charge is 2.15. The molecule has 1 aliphatic rings. The molecule has 1 fully saturated rings. The first-order valence-corrected chi connectivity index (χ1v) is 8.04. The van der Waals surface area contributed by atoms with Crippen molar-refractivity contribution in [1.29, 1.82) is 0 Å².